The molecule has 90 valence electrons. The third-order valence-electron chi connectivity index (χ3n) is 2.76. The number of nitrogens with zero attached hydrogens (tertiary/aromatic N) is 2. The highest BCUT2D eigenvalue weighted by Gasteiger charge is 2.29. The molecule has 0 bridgehead atoms. The first-order chi connectivity index (χ1) is 8.15. The summed E-state index contributed by atoms with van der Waals surface area (Å²) in [6, 6.07) is 5.46. The fourth-order valence-electron chi connectivity index (χ4n) is 1.97. The van der Waals surface area contributed by atoms with E-state index >= 15 is 0 Å². The minimum Gasteiger partial charge on any atom is -0.370 e. The molecule has 1 aliphatic rings. The van der Waals surface area contributed by atoms with Crippen LogP contribution in [0.1, 0.15) is 11.6 Å². The minimum absolute atomic E-state index is 0.00537. The zero-order chi connectivity index (χ0) is 12.4. The second kappa shape index (κ2) is 4.98. The monoisotopic (exact) mass is 269 g/mol. The zero-order valence-corrected chi connectivity index (χ0v) is 10.7. The van der Waals surface area contributed by atoms with Crippen LogP contribution in [0.15, 0.2) is 35.8 Å². The van der Waals surface area contributed by atoms with E-state index in [-0.39, 0.29) is 6.04 Å². The van der Waals surface area contributed by atoms with E-state index in [9.17, 15) is 0 Å². The molecule has 1 heterocycles. The van der Waals surface area contributed by atoms with Gasteiger partial charge in [0.05, 0.1) is 12.6 Å². The van der Waals surface area contributed by atoms with E-state index in [4.69, 9.17) is 28.9 Å². The number of nitrogens with two attached hydrogens (primary N) is 1. The van der Waals surface area contributed by atoms with Crippen molar-refractivity contribution < 1.29 is 0 Å². The predicted molar refractivity (Wildman–Crippen MR) is 72.6 cm³/mol. The summed E-state index contributed by atoms with van der Waals surface area (Å²) in [6.07, 6.45) is 1.78. The Kier molecular flexibility index (Phi) is 3.60. The van der Waals surface area contributed by atoms with Crippen LogP contribution in [0.5, 0.6) is 0 Å². The van der Waals surface area contributed by atoms with Crippen LogP contribution in [0.3, 0.4) is 0 Å². The Hall–Kier alpha value is -1.19. The van der Waals surface area contributed by atoms with Gasteiger partial charge in [-0.2, -0.15) is 0 Å². The van der Waals surface area contributed by atoms with E-state index in [0.29, 0.717) is 29.1 Å². The number of halogens is 2. The van der Waals surface area contributed by atoms with E-state index in [1.54, 1.807) is 6.08 Å². The number of aliphatic imine (C=N–C) groups is 1. The summed E-state index contributed by atoms with van der Waals surface area (Å²) in [4.78, 5) is 6.18. The summed E-state index contributed by atoms with van der Waals surface area (Å²) in [6.45, 7) is 4.91. The van der Waals surface area contributed by atoms with Gasteiger partial charge in [-0.05, 0) is 12.1 Å². The molecule has 2 N–H and O–H groups in total. The van der Waals surface area contributed by atoms with Crippen LogP contribution >= 0.6 is 23.2 Å². The first-order valence-corrected chi connectivity index (χ1v) is 6.02. The Morgan fingerprint density at radius 3 is 2.71 bits per heavy atom. The lowest BCUT2D eigenvalue weighted by Crippen LogP contribution is -2.36. The average Bonchev–Trinajstić information content (AvgIpc) is 2.62. The van der Waals surface area contributed by atoms with Crippen molar-refractivity contribution in [1.82, 2.24) is 4.90 Å². The molecule has 0 aliphatic carbocycles. The van der Waals surface area contributed by atoms with E-state index in [1.807, 2.05) is 23.1 Å². The molecule has 0 spiro atoms. The maximum absolute atomic E-state index is 6.19. The molecule has 0 saturated carbocycles. The van der Waals surface area contributed by atoms with Crippen molar-refractivity contribution in [3.8, 4) is 0 Å². The maximum atomic E-state index is 6.19. The second-order valence-electron chi connectivity index (χ2n) is 3.79. The summed E-state index contributed by atoms with van der Waals surface area (Å²) in [5.41, 5.74) is 6.71. The molecular weight excluding hydrogens is 257 g/mol. The first kappa shape index (κ1) is 12.3. The second-order valence-corrected chi connectivity index (χ2v) is 4.61. The van der Waals surface area contributed by atoms with Gasteiger partial charge < -0.3 is 10.6 Å². The quantitative estimate of drug-likeness (QED) is 0.858. The Labute approximate surface area is 111 Å². The number of hydrogen-bond donors (Lipinski definition) is 1. The Morgan fingerprint density at radius 2 is 2.12 bits per heavy atom. The van der Waals surface area contributed by atoms with Crippen molar-refractivity contribution in [1.29, 1.82) is 0 Å². The Balaban J connectivity index is 2.37. The molecule has 0 aromatic heterocycles. The van der Waals surface area contributed by atoms with Gasteiger partial charge in [-0.3, -0.25) is 4.99 Å². The SMILES string of the molecule is C=CCN1C(N)=NCC1c1c(Cl)cccc1Cl. The van der Waals surface area contributed by atoms with Crippen molar-refractivity contribution in [2.45, 2.75) is 6.04 Å². The molecule has 0 radical (unpaired) electrons. The predicted octanol–water partition coefficient (Wildman–Crippen LogP) is 2.85. The number of guanidine groups is 1. The smallest absolute Gasteiger partial charge is 0.192 e. The molecule has 1 atom stereocenters. The third kappa shape index (κ3) is 2.26. The normalized spacial score (nSPS) is 19.3. The Bertz CT molecular complexity index is 451. The molecule has 0 amide bonds. The molecule has 2 rings (SSSR count). The van der Waals surface area contributed by atoms with Gasteiger partial charge in [0.25, 0.3) is 0 Å². The van der Waals surface area contributed by atoms with Crippen LogP contribution in [0.25, 0.3) is 0 Å². The van der Waals surface area contributed by atoms with Crippen molar-refractivity contribution in [3.63, 3.8) is 0 Å². The van der Waals surface area contributed by atoms with Crippen LogP contribution in [-0.2, 0) is 0 Å². The first-order valence-electron chi connectivity index (χ1n) is 5.26. The van der Waals surface area contributed by atoms with Gasteiger partial charge in [-0.1, -0.05) is 35.3 Å². The van der Waals surface area contributed by atoms with Crippen molar-refractivity contribution in [2.75, 3.05) is 13.1 Å². The third-order valence-corrected chi connectivity index (χ3v) is 3.41. The fourth-order valence-corrected chi connectivity index (χ4v) is 2.61. The van der Waals surface area contributed by atoms with Crippen molar-refractivity contribution in [3.05, 3.63) is 46.5 Å². The summed E-state index contributed by atoms with van der Waals surface area (Å²) in [7, 11) is 0. The van der Waals surface area contributed by atoms with Crippen molar-refractivity contribution >= 4 is 29.2 Å². The van der Waals surface area contributed by atoms with Gasteiger partial charge in [-0.15, -0.1) is 6.58 Å². The lowest BCUT2D eigenvalue weighted by atomic mass is 10.1. The van der Waals surface area contributed by atoms with Crippen LogP contribution in [-0.4, -0.2) is 23.9 Å². The van der Waals surface area contributed by atoms with Gasteiger partial charge in [0, 0.05) is 22.2 Å². The highest BCUT2D eigenvalue weighted by Crippen LogP contribution is 2.35. The highest BCUT2D eigenvalue weighted by molar-refractivity contribution is 6.36. The standard InChI is InChI=1S/C12H13Cl2N3/c1-2-6-17-10(7-16-12(17)15)11-8(13)4-3-5-9(11)14/h2-5,10H,1,6-7H2,(H2,15,16). The van der Waals surface area contributed by atoms with Gasteiger partial charge in [0.1, 0.15) is 0 Å². The lowest BCUT2D eigenvalue weighted by molar-refractivity contribution is 0.380. The molecule has 1 aromatic rings. The fraction of sp³-hybridized carbons (Fsp3) is 0.250. The average molecular weight is 270 g/mol. The van der Waals surface area contributed by atoms with Crippen LogP contribution in [0.2, 0.25) is 10.0 Å². The van der Waals surface area contributed by atoms with Crippen LogP contribution in [0.4, 0.5) is 0 Å². The van der Waals surface area contributed by atoms with Crippen molar-refractivity contribution in [2.24, 2.45) is 10.7 Å². The maximum Gasteiger partial charge on any atom is 0.192 e. The molecular formula is C12H13Cl2N3. The van der Waals surface area contributed by atoms with Gasteiger partial charge >= 0.3 is 0 Å². The summed E-state index contributed by atoms with van der Waals surface area (Å²) < 4.78 is 0. The van der Waals surface area contributed by atoms with Gasteiger partial charge in [-0.25, -0.2) is 0 Å². The van der Waals surface area contributed by atoms with E-state index in [0.717, 1.165) is 5.56 Å². The summed E-state index contributed by atoms with van der Waals surface area (Å²) in [5, 5.41) is 1.28. The van der Waals surface area contributed by atoms with Crippen LogP contribution < -0.4 is 5.73 Å². The van der Waals surface area contributed by atoms with E-state index in [2.05, 4.69) is 11.6 Å². The number of rotatable bonds is 3. The number of benzene rings is 1. The highest BCUT2D eigenvalue weighted by atomic mass is 35.5. The number of hydrogen-bond acceptors (Lipinski definition) is 3. The van der Waals surface area contributed by atoms with E-state index in [1.165, 1.54) is 0 Å². The van der Waals surface area contributed by atoms with Crippen LogP contribution in [0, 0.1) is 0 Å². The molecule has 0 fully saturated rings. The topological polar surface area (TPSA) is 41.6 Å². The molecule has 5 heteroatoms. The van der Waals surface area contributed by atoms with Gasteiger partial charge in [0.15, 0.2) is 5.96 Å². The molecule has 1 aliphatic heterocycles. The zero-order valence-electron chi connectivity index (χ0n) is 9.24. The minimum atomic E-state index is -0.00537. The molecule has 3 nitrogen and oxygen atoms in total. The molecule has 17 heavy (non-hydrogen) atoms. The lowest BCUT2D eigenvalue weighted by Gasteiger charge is -2.26. The van der Waals surface area contributed by atoms with E-state index < -0.39 is 0 Å². The molecule has 1 aromatic carbocycles. The van der Waals surface area contributed by atoms with Gasteiger partial charge in [0.2, 0.25) is 0 Å². The molecule has 1 unspecified atom stereocenters. The molecule has 0 saturated heterocycles. The Morgan fingerprint density at radius 1 is 1.47 bits per heavy atom. The summed E-state index contributed by atoms with van der Waals surface area (Å²) in [5.74, 6) is 0.505. The summed E-state index contributed by atoms with van der Waals surface area (Å²) >= 11 is 12.4. The largest absolute Gasteiger partial charge is 0.370 e.